The summed E-state index contributed by atoms with van der Waals surface area (Å²) in [5, 5.41) is 9.04. The molecule has 1 aromatic carbocycles. The highest BCUT2D eigenvalue weighted by Gasteiger charge is 2.12. The van der Waals surface area contributed by atoms with Crippen molar-refractivity contribution in [3.8, 4) is 11.8 Å². The molecule has 0 aliphatic heterocycles. The fraction of sp³-hybridized carbons (Fsp3) is 0.214. The van der Waals surface area contributed by atoms with E-state index >= 15 is 0 Å². The summed E-state index contributed by atoms with van der Waals surface area (Å²) in [5.74, 6) is 0.513. The summed E-state index contributed by atoms with van der Waals surface area (Å²) in [4.78, 5) is 0. The van der Waals surface area contributed by atoms with Crippen LogP contribution in [-0.4, -0.2) is 4.57 Å². The van der Waals surface area contributed by atoms with Gasteiger partial charge in [-0.1, -0.05) is 12.1 Å². The first-order valence-corrected chi connectivity index (χ1v) is 5.49. The molecule has 17 heavy (non-hydrogen) atoms. The van der Waals surface area contributed by atoms with Crippen molar-refractivity contribution in [2.24, 2.45) is 0 Å². The van der Waals surface area contributed by atoms with E-state index in [2.05, 4.69) is 24.3 Å². The van der Waals surface area contributed by atoms with Gasteiger partial charge in [0.1, 0.15) is 11.9 Å². The summed E-state index contributed by atoms with van der Waals surface area (Å²) in [6, 6.07) is 8.34. The lowest BCUT2D eigenvalue weighted by molar-refractivity contribution is 1.06. The van der Waals surface area contributed by atoms with E-state index in [1.807, 2.05) is 31.5 Å². The molecule has 0 spiro atoms. The predicted octanol–water partition coefficient (Wildman–Crippen LogP) is 2.86. The lowest BCUT2D eigenvalue weighted by Gasteiger charge is -2.10. The normalized spacial score (nSPS) is 10.2. The number of hydrogen-bond acceptors (Lipinski definition) is 2. The molecule has 2 N–H and O–H groups in total. The van der Waals surface area contributed by atoms with Crippen LogP contribution in [0.2, 0.25) is 0 Å². The molecule has 0 amide bonds. The molecule has 1 heterocycles. The van der Waals surface area contributed by atoms with E-state index in [1.54, 1.807) is 0 Å². The van der Waals surface area contributed by atoms with Crippen molar-refractivity contribution in [3.05, 3.63) is 46.6 Å². The average molecular weight is 225 g/mol. The molecule has 0 aliphatic carbocycles. The fourth-order valence-electron chi connectivity index (χ4n) is 1.97. The molecular formula is C14H15N3. The molecular weight excluding hydrogens is 210 g/mol. The van der Waals surface area contributed by atoms with Crippen molar-refractivity contribution in [2.75, 3.05) is 5.73 Å². The van der Waals surface area contributed by atoms with Crippen LogP contribution in [0, 0.1) is 32.1 Å². The van der Waals surface area contributed by atoms with Crippen LogP contribution in [0.5, 0.6) is 0 Å². The molecule has 2 aromatic rings. The smallest absolute Gasteiger partial charge is 0.126 e. The van der Waals surface area contributed by atoms with Crippen LogP contribution in [0.15, 0.2) is 24.4 Å². The number of benzene rings is 1. The number of aromatic nitrogens is 1. The molecule has 3 heteroatoms. The number of nitrogen functional groups attached to an aromatic ring is 1. The molecule has 0 atom stereocenters. The lowest BCUT2D eigenvalue weighted by atomic mass is 10.1. The summed E-state index contributed by atoms with van der Waals surface area (Å²) in [6.45, 7) is 5.98. The van der Waals surface area contributed by atoms with Crippen LogP contribution in [0.4, 0.5) is 5.82 Å². The average Bonchev–Trinajstić information content (AvgIpc) is 2.57. The largest absolute Gasteiger partial charge is 0.384 e. The number of hydrogen-bond donors (Lipinski definition) is 1. The minimum absolute atomic E-state index is 0.513. The molecule has 0 radical (unpaired) electrons. The number of anilines is 1. The lowest BCUT2D eigenvalue weighted by Crippen LogP contribution is -2.02. The number of nitrogens with two attached hydrogens (primary N) is 1. The van der Waals surface area contributed by atoms with E-state index in [4.69, 9.17) is 11.0 Å². The Labute approximate surface area is 101 Å². The molecule has 0 fully saturated rings. The highest BCUT2D eigenvalue weighted by molar-refractivity contribution is 5.60. The van der Waals surface area contributed by atoms with Crippen molar-refractivity contribution >= 4 is 5.82 Å². The maximum atomic E-state index is 9.04. The highest BCUT2D eigenvalue weighted by atomic mass is 15.0. The zero-order chi connectivity index (χ0) is 12.6. The molecule has 2 rings (SSSR count). The van der Waals surface area contributed by atoms with E-state index in [0.29, 0.717) is 11.4 Å². The number of nitriles is 1. The topological polar surface area (TPSA) is 54.7 Å². The Balaban J connectivity index is 2.70. The summed E-state index contributed by atoms with van der Waals surface area (Å²) in [7, 11) is 0. The van der Waals surface area contributed by atoms with Gasteiger partial charge >= 0.3 is 0 Å². The Hall–Kier alpha value is -2.21. The standard InChI is InChI=1S/C14H15N3/c1-9-4-5-10(2)13(6-9)17-8-11(3)12(7-15)14(17)16/h4-6,8H,16H2,1-3H3. The minimum Gasteiger partial charge on any atom is -0.384 e. The summed E-state index contributed by atoms with van der Waals surface area (Å²) in [6.07, 6.45) is 1.91. The van der Waals surface area contributed by atoms with Gasteiger partial charge in [-0.15, -0.1) is 0 Å². The van der Waals surface area contributed by atoms with Crippen LogP contribution in [0.3, 0.4) is 0 Å². The van der Waals surface area contributed by atoms with Crippen LogP contribution >= 0.6 is 0 Å². The van der Waals surface area contributed by atoms with Crippen LogP contribution in [0.1, 0.15) is 22.3 Å². The molecule has 0 aliphatic rings. The minimum atomic E-state index is 0.513. The van der Waals surface area contributed by atoms with Gasteiger partial charge < -0.3 is 10.3 Å². The van der Waals surface area contributed by atoms with Gasteiger partial charge in [0.25, 0.3) is 0 Å². The SMILES string of the molecule is Cc1ccc(C)c(-n2cc(C)c(C#N)c2N)c1. The summed E-state index contributed by atoms with van der Waals surface area (Å²) < 4.78 is 1.89. The molecule has 0 unspecified atom stereocenters. The predicted molar refractivity (Wildman–Crippen MR) is 69.1 cm³/mol. The first-order valence-electron chi connectivity index (χ1n) is 5.49. The Morgan fingerprint density at radius 2 is 1.88 bits per heavy atom. The zero-order valence-electron chi connectivity index (χ0n) is 10.3. The number of rotatable bonds is 1. The highest BCUT2D eigenvalue weighted by Crippen LogP contribution is 2.25. The fourth-order valence-corrected chi connectivity index (χ4v) is 1.97. The van der Waals surface area contributed by atoms with Crippen molar-refractivity contribution < 1.29 is 0 Å². The van der Waals surface area contributed by atoms with Crippen LogP contribution in [-0.2, 0) is 0 Å². The second-order valence-corrected chi connectivity index (χ2v) is 4.34. The third-order valence-corrected chi connectivity index (χ3v) is 2.97. The first-order chi connectivity index (χ1) is 8.04. The zero-order valence-corrected chi connectivity index (χ0v) is 10.3. The van der Waals surface area contributed by atoms with E-state index in [9.17, 15) is 0 Å². The van der Waals surface area contributed by atoms with Gasteiger partial charge in [0.15, 0.2) is 0 Å². The van der Waals surface area contributed by atoms with Gasteiger partial charge in [0, 0.05) is 6.20 Å². The van der Waals surface area contributed by atoms with Crippen molar-refractivity contribution in [3.63, 3.8) is 0 Å². The Kier molecular flexibility index (Phi) is 2.64. The number of aryl methyl sites for hydroxylation is 3. The van der Waals surface area contributed by atoms with E-state index in [1.165, 1.54) is 5.56 Å². The van der Waals surface area contributed by atoms with Gasteiger partial charge in [0.05, 0.1) is 11.3 Å². The maximum absolute atomic E-state index is 9.04. The first kappa shape index (κ1) is 11.3. The van der Waals surface area contributed by atoms with E-state index < -0.39 is 0 Å². The van der Waals surface area contributed by atoms with Crippen molar-refractivity contribution in [1.29, 1.82) is 5.26 Å². The molecule has 1 aromatic heterocycles. The number of nitrogens with zero attached hydrogens (tertiary/aromatic N) is 2. The van der Waals surface area contributed by atoms with Crippen LogP contribution in [0.25, 0.3) is 5.69 Å². The summed E-state index contributed by atoms with van der Waals surface area (Å²) in [5.41, 5.74) is 10.8. The Bertz CT molecular complexity index is 615. The van der Waals surface area contributed by atoms with Gasteiger partial charge in [-0.2, -0.15) is 5.26 Å². The van der Waals surface area contributed by atoms with Gasteiger partial charge in [-0.3, -0.25) is 0 Å². The Morgan fingerprint density at radius 3 is 2.47 bits per heavy atom. The van der Waals surface area contributed by atoms with Gasteiger partial charge in [0.2, 0.25) is 0 Å². The van der Waals surface area contributed by atoms with Crippen molar-refractivity contribution in [2.45, 2.75) is 20.8 Å². The van der Waals surface area contributed by atoms with Crippen molar-refractivity contribution in [1.82, 2.24) is 4.57 Å². The van der Waals surface area contributed by atoms with Gasteiger partial charge in [-0.05, 0) is 43.5 Å². The van der Waals surface area contributed by atoms with Gasteiger partial charge in [-0.25, -0.2) is 0 Å². The summed E-state index contributed by atoms with van der Waals surface area (Å²) >= 11 is 0. The molecule has 0 saturated heterocycles. The van der Waals surface area contributed by atoms with Crippen LogP contribution < -0.4 is 5.73 Å². The maximum Gasteiger partial charge on any atom is 0.126 e. The quantitative estimate of drug-likeness (QED) is 0.811. The Morgan fingerprint density at radius 1 is 1.18 bits per heavy atom. The monoisotopic (exact) mass is 225 g/mol. The molecule has 0 bridgehead atoms. The third kappa shape index (κ3) is 1.78. The molecule has 0 saturated carbocycles. The molecule has 3 nitrogen and oxygen atoms in total. The van der Waals surface area contributed by atoms with E-state index in [-0.39, 0.29) is 0 Å². The molecule has 86 valence electrons. The van der Waals surface area contributed by atoms with E-state index in [0.717, 1.165) is 16.8 Å². The third-order valence-electron chi connectivity index (χ3n) is 2.97. The second kappa shape index (κ2) is 3.99. The second-order valence-electron chi connectivity index (χ2n) is 4.34.